The van der Waals surface area contributed by atoms with Gasteiger partial charge < -0.3 is 9.13 Å². The lowest BCUT2D eigenvalue weighted by molar-refractivity contribution is 0.109. The van der Waals surface area contributed by atoms with E-state index < -0.39 is 16.5 Å². The molecule has 29 heavy (non-hydrogen) atoms. The van der Waals surface area contributed by atoms with Crippen LogP contribution in [0.2, 0.25) is 39.3 Å². The maximum absolute atomic E-state index is 3.04. The number of hydrogen-bond acceptors (Lipinski definition) is 2. The second kappa shape index (κ2) is 10.3. The molecule has 0 aliphatic heterocycles. The highest BCUT2D eigenvalue weighted by Gasteiger charge is 2.40. The summed E-state index contributed by atoms with van der Waals surface area (Å²) in [6.45, 7) is 28.3. The molecule has 2 aliphatic rings. The van der Waals surface area contributed by atoms with Crippen LogP contribution < -0.4 is 0 Å². The molecule has 0 spiro atoms. The van der Waals surface area contributed by atoms with Gasteiger partial charge in [0.15, 0.2) is 0 Å². The van der Waals surface area contributed by atoms with E-state index in [2.05, 4.69) is 76.1 Å². The van der Waals surface area contributed by atoms with E-state index in [-0.39, 0.29) is 0 Å². The van der Waals surface area contributed by atoms with E-state index in [4.69, 9.17) is 0 Å². The molecule has 0 aromatic heterocycles. The van der Waals surface area contributed by atoms with Crippen molar-refractivity contribution in [3.05, 3.63) is 0 Å². The summed E-state index contributed by atoms with van der Waals surface area (Å²) >= 11 is 0. The van der Waals surface area contributed by atoms with E-state index in [1.165, 1.54) is 58.0 Å². The molecule has 0 aromatic rings. The monoisotopic (exact) mass is 438 g/mol. The van der Waals surface area contributed by atoms with Crippen LogP contribution in [-0.2, 0) is 0 Å². The summed E-state index contributed by atoms with van der Waals surface area (Å²) in [6.07, 6.45) is 10.0. The molecule has 0 saturated heterocycles. The summed E-state index contributed by atoms with van der Waals surface area (Å²) in [5.41, 5.74) is 0. The van der Waals surface area contributed by atoms with Gasteiger partial charge in [-0.05, 0) is 68.9 Å². The van der Waals surface area contributed by atoms with Crippen molar-refractivity contribution in [3.8, 4) is 0 Å². The quantitative estimate of drug-likeness (QED) is 0.367. The minimum atomic E-state index is -1.32. The van der Waals surface area contributed by atoms with E-state index in [0.29, 0.717) is 0 Å². The molecular formula is C25H54N2Si2. The zero-order chi connectivity index (χ0) is 22.0. The second-order valence-electron chi connectivity index (χ2n) is 12.8. The average molecular weight is 439 g/mol. The Morgan fingerprint density at radius 2 is 0.828 bits per heavy atom. The van der Waals surface area contributed by atoms with Crippen molar-refractivity contribution in [1.82, 2.24) is 9.13 Å². The summed E-state index contributed by atoms with van der Waals surface area (Å²) in [7, 11) is -2.63. The molecular weight excluding hydrogens is 384 g/mol. The van der Waals surface area contributed by atoms with E-state index in [1.807, 2.05) is 0 Å². The minimum absolute atomic E-state index is 0.822. The van der Waals surface area contributed by atoms with Crippen LogP contribution in [0.5, 0.6) is 0 Å². The zero-order valence-electron chi connectivity index (χ0n) is 21.7. The lowest BCUT2D eigenvalue weighted by Crippen LogP contribution is -2.60. The van der Waals surface area contributed by atoms with E-state index in [9.17, 15) is 0 Å². The third kappa shape index (κ3) is 6.67. The zero-order valence-corrected chi connectivity index (χ0v) is 23.7. The fourth-order valence-corrected chi connectivity index (χ4v) is 11.3. The van der Waals surface area contributed by atoms with Gasteiger partial charge in [-0.15, -0.1) is 0 Å². The van der Waals surface area contributed by atoms with Gasteiger partial charge >= 0.3 is 0 Å². The molecule has 0 aromatic carbocycles. The molecule has 0 heterocycles. The van der Waals surface area contributed by atoms with Crippen LogP contribution in [0.15, 0.2) is 0 Å². The van der Waals surface area contributed by atoms with Gasteiger partial charge in [0.2, 0.25) is 0 Å². The third-order valence-corrected chi connectivity index (χ3v) is 12.7. The van der Waals surface area contributed by atoms with Gasteiger partial charge in [0.1, 0.15) is 16.5 Å². The first kappa shape index (κ1) is 25.6. The highest BCUT2D eigenvalue weighted by Crippen LogP contribution is 2.37. The fraction of sp³-hybridized carbons (Fsp3) is 1.00. The molecule has 4 atom stereocenters. The molecule has 2 aliphatic carbocycles. The molecule has 0 bridgehead atoms. The van der Waals surface area contributed by atoms with Crippen LogP contribution in [-0.4, -0.2) is 50.8 Å². The molecule has 172 valence electrons. The summed E-state index contributed by atoms with van der Waals surface area (Å²) in [6, 6.07) is 1.64. The molecule has 0 radical (unpaired) electrons. The molecule has 0 N–H and O–H groups in total. The molecule has 2 fully saturated rings. The Morgan fingerprint density at radius 1 is 0.552 bits per heavy atom. The topological polar surface area (TPSA) is 6.48 Å². The maximum Gasteiger partial charge on any atom is 0.119 e. The van der Waals surface area contributed by atoms with Crippen molar-refractivity contribution < 1.29 is 0 Å². The highest BCUT2D eigenvalue weighted by atomic mass is 28.3. The van der Waals surface area contributed by atoms with E-state index >= 15 is 0 Å². The Bertz CT molecular complexity index is 432. The van der Waals surface area contributed by atoms with Crippen molar-refractivity contribution in [1.29, 1.82) is 0 Å². The van der Waals surface area contributed by atoms with Gasteiger partial charge in [-0.3, -0.25) is 0 Å². The molecule has 2 nitrogen and oxygen atoms in total. The smallest absolute Gasteiger partial charge is 0.119 e. The number of hydrogen-bond donors (Lipinski definition) is 0. The van der Waals surface area contributed by atoms with Gasteiger partial charge in [-0.25, -0.2) is 0 Å². The first-order valence-corrected chi connectivity index (χ1v) is 19.8. The van der Waals surface area contributed by atoms with Gasteiger partial charge in [0.05, 0.1) is 0 Å². The molecule has 2 rings (SSSR count). The largest absolute Gasteiger partial charge is 0.321 e. The molecule has 4 heteroatoms. The molecule has 0 amide bonds. The minimum Gasteiger partial charge on any atom is -0.321 e. The Hall–Kier alpha value is 0.354. The van der Waals surface area contributed by atoms with Gasteiger partial charge in [-0.2, -0.15) is 0 Å². The van der Waals surface area contributed by atoms with Crippen LogP contribution in [0.4, 0.5) is 0 Å². The van der Waals surface area contributed by atoms with Crippen LogP contribution in [0.1, 0.15) is 72.6 Å². The van der Waals surface area contributed by atoms with Crippen molar-refractivity contribution in [2.75, 3.05) is 13.1 Å². The lowest BCUT2D eigenvalue weighted by atomic mass is 9.78. The lowest BCUT2D eigenvalue weighted by Gasteiger charge is -2.50. The Labute approximate surface area is 186 Å². The predicted molar refractivity (Wildman–Crippen MR) is 137 cm³/mol. The summed E-state index contributed by atoms with van der Waals surface area (Å²) in [4.78, 5) is 0. The second-order valence-corrected chi connectivity index (χ2v) is 22.7. The Kier molecular flexibility index (Phi) is 9.11. The third-order valence-electron chi connectivity index (χ3n) is 8.21. The van der Waals surface area contributed by atoms with Crippen LogP contribution in [0, 0.1) is 23.7 Å². The normalized spacial score (nSPS) is 34.8. The van der Waals surface area contributed by atoms with E-state index in [1.54, 1.807) is 0 Å². The van der Waals surface area contributed by atoms with E-state index in [0.717, 1.165) is 35.8 Å². The van der Waals surface area contributed by atoms with Crippen LogP contribution in [0.3, 0.4) is 0 Å². The Balaban J connectivity index is 2.10. The standard InChI is InChI=1S/C25H54N2Si2/c1-20-14-11-15-21(2)24(20)26(28(5,6)7)18-13-19-27(29(8,9)10)25-22(3)16-12-17-23(25)4/h20-25H,11-19H2,1-10H3. The maximum atomic E-state index is 3.04. The molecule has 2 saturated carbocycles. The van der Waals surface area contributed by atoms with Crippen LogP contribution >= 0.6 is 0 Å². The van der Waals surface area contributed by atoms with Crippen LogP contribution in [0.25, 0.3) is 0 Å². The van der Waals surface area contributed by atoms with Crippen molar-refractivity contribution in [2.24, 2.45) is 23.7 Å². The van der Waals surface area contributed by atoms with Crippen molar-refractivity contribution in [3.63, 3.8) is 0 Å². The van der Waals surface area contributed by atoms with Crippen molar-refractivity contribution >= 4 is 16.5 Å². The van der Waals surface area contributed by atoms with Gasteiger partial charge in [0, 0.05) is 12.1 Å². The Morgan fingerprint density at radius 3 is 1.07 bits per heavy atom. The average Bonchev–Trinajstić information content (AvgIpc) is 2.56. The summed E-state index contributed by atoms with van der Waals surface area (Å²) < 4.78 is 6.08. The SMILES string of the molecule is CC1CCCC(C)C1N(CCCN(C1C(C)CCCC1C)[Si](C)(C)C)[Si](C)(C)C. The summed E-state index contributed by atoms with van der Waals surface area (Å²) in [5, 5.41) is 0. The van der Waals surface area contributed by atoms with Gasteiger partial charge in [0.25, 0.3) is 0 Å². The number of rotatable bonds is 8. The fourth-order valence-electron chi connectivity index (χ4n) is 6.83. The molecule has 4 unspecified atom stereocenters. The first-order valence-electron chi connectivity index (χ1n) is 12.9. The van der Waals surface area contributed by atoms with Gasteiger partial charge in [-0.1, -0.05) is 79.8 Å². The first-order chi connectivity index (χ1) is 13.3. The number of nitrogens with zero attached hydrogens (tertiary/aromatic N) is 2. The highest BCUT2D eigenvalue weighted by molar-refractivity contribution is 6.73. The summed E-state index contributed by atoms with van der Waals surface area (Å²) in [5.74, 6) is 3.49. The van der Waals surface area contributed by atoms with Crippen molar-refractivity contribution in [2.45, 2.75) is 124 Å². The predicted octanol–water partition coefficient (Wildman–Crippen LogP) is 7.30.